The fourth-order valence-corrected chi connectivity index (χ4v) is 6.08. The third kappa shape index (κ3) is 6.06. The van der Waals surface area contributed by atoms with E-state index in [9.17, 15) is 24.6 Å². The van der Waals surface area contributed by atoms with Gasteiger partial charge in [0.15, 0.2) is 0 Å². The Bertz CT molecular complexity index is 1560. The molecule has 2 aliphatic rings. The van der Waals surface area contributed by atoms with E-state index < -0.39 is 5.97 Å². The second-order valence-electron chi connectivity index (χ2n) is 11.1. The molecule has 4 heterocycles. The molecule has 0 unspecified atom stereocenters. The summed E-state index contributed by atoms with van der Waals surface area (Å²) in [5.74, 6) is -1.04. The highest BCUT2D eigenvalue weighted by Gasteiger charge is 2.26. The average molecular weight is 575 g/mol. The number of rotatable bonds is 12. The minimum Gasteiger partial charge on any atom is -0.481 e. The molecule has 0 spiro atoms. The van der Waals surface area contributed by atoms with Crippen molar-refractivity contribution in [2.45, 2.75) is 86.5 Å². The molecule has 2 aromatic rings. The summed E-state index contributed by atoms with van der Waals surface area (Å²) in [6.45, 7) is 11.8. The third-order valence-electron chi connectivity index (χ3n) is 8.56. The number of aliphatic hydroxyl groups is 1. The molecule has 0 aromatic carbocycles. The van der Waals surface area contributed by atoms with Crippen molar-refractivity contribution in [1.82, 2.24) is 20.6 Å². The van der Waals surface area contributed by atoms with E-state index in [4.69, 9.17) is 0 Å². The second kappa shape index (κ2) is 12.8. The number of nitrogens with one attached hydrogen (secondary N) is 4. The smallest absolute Gasteiger partial charge is 0.303 e. The van der Waals surface area contributed by atoms with Gasteiger partial charge in [0.2, 0.25) is 0 Å². The molecule has 0 saturated heterocycles. The first-order chi connectivity index (χ1) is 20.0. The van der Waals surface area contributed by atoms with Gasteiger partial charge in [0.1, 0.15) is 0 Å². The Labute approximate surface area is 246 Å². The van der Waals surface area contributed by atoms with Gasteiger partial charge in [-0.2, -0.15) is 0 Å². The van der Waals surface area contributed by atoms with E-state index in [1.54, 1.807) is 0 Å². The number of carbonyl (C=O) groups excluding carboxylic acids is 2. The lowest BCUT2D eigenvalue weighted by atomic mass is 9.98. The minimum atomic E-state index is -0.863. The maximum absolute atomic E-state index is 12.3. The lowest BCUT2D eigenvalue weighted by Crippen LogP contribution is -2.15. The highest BCUT2D eigenvalue weighted by molar-refractivity contribution is 6.01. The number of aromatic amines is 2. The summed E-state index contributed by atoms with van der Waals surface area (Å²) >= 11 is 0. The molecule has 0 radical (unpaired) electrons. The summed E-state index contributed by atoms with van der Waals surface area (Å²) < 4.78 is 0. The molecule has 2 aromatic heterocycles. The maximum atomic E-state index is 12.3. The van der Waals surface area contributed by atoms with Gasteiger partial charge >= 0.3 is 5.97 Å². The molecular formula is C33H42N4O5. The number of carbonyl (C=O) groups is 3. The number of carboxylic acid groups (broad SMARTS) is 1. The zero-order valence-electron chi connectivity index (χ0n) is 25.4. The molecule has 4 rings (SSSR count). The van der Waals surface area contributed by atoms with Crippen molar-refractivity contribution in [3.8, 4) is 0 Å². The Morgan fingerprint density at radius 2 is 1.21 bits per heavy atom. The predicted molar refractivity (Wildman–Crippen MR) is 163 cm³/mol. The first-order valence-electron chi connectivity index (χ1n) is 14.7. The molecule has 42 heavy (non-hydrogen) atoms. The molecule has 0 aliphatic carbocycles. The fourth-order valence-electron chi connectivity index (χ4n) is 6.08. The molecule has 0 fully saturated rings. The van der Waals surface area contributed by atoms with Crippen LogP contribution in [0.15, 0.2) is 33.7 Å². The summed E-state index contributed by atoms with van der Waals surface area (Å²) in [6, 6.07) is 0. The van der Waals surface area contributed by atoms with Crippen LogP contribution in [0, 0.1) is 13.8 Å². The summed E-state index contributed by atoms with van der Waals surface area (Å²) in [6.07, 6.45) is 7.56. The number of aliphatic hydroxyl groups excluding tert-OH is 1. The summed E-state index contributed by atoms with van der Waals surface area (Å²) in [5.41, 5.74) is 12.7. The zero-order chi connectivity index (χ0) is 30.7. The lowest BCUT2D eigenvalue weighted by Gasteiger charge is -2.07. The van der Waals surface area contributed by atoms with Gasteiger partial charge in [-0.1, -0.05) is 13.8 Å². The van der Waals surface area contributed by atoms with E-state index in [0.717, 1.165) is 86.0 Å². The van der Waals surface area contributed by atoms with Crippen molar-refractivity contribution in [1.29, 1.82) is 0 Å². The van der Waals surface area contributed by atoms with Crippen molar-refractivity contribution in [2.24, 2.45) is 0 Å². The molecule has 0 saturated carbocycles. The molecule has 2 amide bonds. The van der Waals surface area contributed by atoms with Crippen molar-refractivity contribution in [3.05, 3.63) is 78.7 Å². The quantitative estimate of drug-likeness (QED) is 0.214. The van der Waals surface area contributed by atoms with Gasteiger partial charge in [-0.15, -0.1) is 0 Å². The maximum Gasteiger partial charge on any atom is 0.303 e. The normalized spacial score (nSPS) is 17.3. The van der Waals surface area contributed by atoms with Gasteiger partial charge in [0.05, 0.1) is 0 Å². The highest BCUT2D eigenvalue weighted by atomic mass is 16.4. The van der Waals surface area contributed by atoms with Crippen LogP contribution in [0.2, 0.25) is 0 Å². The minimum absolute atomic E-state index is 0.00130. The van der Waals surface area contributed by atoms with Crippen LogP contribution >= 0.6 is 0 Å². The van der Waals surface area contributed by atoms with Crippen LogP contribution in [0.25, 0.3) is 12.2 Å². The van der Waals surface area contributed by atoms with Crippen LogP contribution in [0.3, 0.4) is 0 Å². The highest BCUT2D eigenvalue weighted by Crippen LogP contribution is 2.32. The first-order valence-corrected chi connectivity index (χ1v) is 14.7. The molecular weight excluding hydrogens is 532 g/mol. The Balaban J connectivity index is 1.78. The second-order valence-corrected chi connectivity index (χ2v) is 11.1. The molecule has 0 bridgehead atoms. The summed E-state index contributed by atoms with van der Waals surface area (Å²) in [4.78, 5) is 43.3. The monoisotopic (exact) mass is 574 g/mol. The van der Waals surface area contributed by atoms with Crippen LogP contribution in [-0.4, -0.2) is 44.6 Å². The van der Waals surface area contributed by atoms with E-state index in [1.807, 2.05) is 53.7 Å². The van der Waals surface area contributed by atoms with E-state index in [0.29, 0.717) is 31.3 Å². The molecule has 224 valence electrons. The number of hydrogen-bond acceptors (Lipinski definition) is 4. The molecule has 6 N–H and O–H groups in total. The zero-order valence-corrected chi connectivity index (χ0v) is 25.4. The number of carboxylic acids is 1. The van der Waals surface area contributed by atoms with E-state index in [-0.39, 0.29) is 24.8 Å². The number of hydrogen-bond donors (Lipinski definition) is 6. The van der Waals surface area contributed by atoms with Crippen molar-refractivity contribution >= 4 is 29.9 Å². The van der Waals surface area contributed by atoms with Crippen LogP contribution in [-0.2, 0) is 33.6 Å². The lowest BCUT2D eigenvalue weighted by molar-refractivity contribution is -0.137. The van der Waals surface area contributed by atoms with Gasteiger partial charge in [-0.05, 0) is 105 Å². The summed E-state index contributed by atoms with van der Waals surface area (Å²) in [7, 11) is 0. The van der Waals surface area contributed by atoms with Gasteiger partial charge in [0, 0.05) is 64.8 Å². The van der Waals surface area contributed by atoms with Crippen LogP contribution in [0.1, 0.15) is 98.4 Å². The number of aliphatic carboxylic acids is 1. The van der Waals surface area contributed by atoms with Crippen LogP contribution < -0.4 is 10.6 Å². The number of aromatic nitrogens is 2. The molecule has 0 atom stereocenters. The van der Waals surface area contributed by atoms with Gasteiger partial charge < -0.3 is 30.8 Å². The van der Waals surface area contributed by atoms with Gasteiger partial charge in [-0.3, -0.25) is 14.4 Å². The first kappa shape index (κ1) is 30.8. The summed E-state index contributed by atoms with van der Waals surface area (Å²) in [5, 5.41) is 25.0. The Hall–Kier alpha value is -4.11. The Morgan fingerprint density at radius 1 is 0.762 bits per heavy atom. The van der Waals surface area contributed by atoms with Gasteiger partial charge in [-0.25, -0.2) is 0 Å². The van der Waals surface area contributed by atoms with E-state index in [1.165, 1.54) is 0 Å². The molecule has 9 heteroatoms. The number of amides is 2. The van der Waals surface area contributed by atoms with Crippen molar-refractivity contribution in [3.63, 3.8) is 0 Å². The Kier molecular flexibility index (Phi) is 9.41. The van der Waals surface area contributed by atoms with Crippen molar-refractivity contribution in [2.75, 3.05) is 6.61 Å². The molecule has 9 nitrogen and oxygen atoms in total. The van der Waals surface area contributed by atoms with Crippen LogP contribution in [0.4, 0.5) is 0 Å². The van der Waals surface area contributed by atoms with E-state index in [2.05, 4.69) is 20.6 Å². The Morgan fingerprint density at radius 3 is 1.62 bits per heavy atom. The largest absolute Gasteiger partial charge is 0.481 e. The predicted octanol–water partition coefficient (Wildman–Crippen LogP) is 4.89. The van der Waals surface area contributed by atoms with Crippen LogP contribution in [0.5, 0.6) is 0 Å². The van der Waals surface area contributed by atoms with Gasteiger partial charge in [0.25, 0.3) is 11.8 Å². The van der Waals surface area contributed by atoms with E-state index >= 15 is 0 Å². The fraction of sp³-hybridized carbons (Fsp3) is 0.424. The number of H-pyrrole nitrogens is 2. The average Bonchev–Trinajstić information content (AvgIpc) is 3.59. The number of allylic oxidation sites excluding steroid dienone is 2. The van der Waals surface area contributed by atoms with Crippen molar-refractivity contribution < 1.29 is 24.6 Å². The SMILES string of the molecule is CCC1=C(C)C(=O)N/C1=C\c1[nH]c(Cc2[nH]c(/C=C3\NC(=O)C(C)=C3CC)c(C)c2CCC(=O)O)c(CCCO)c1C. The topological polar surface area (TPSA) is 147 Å². The standard InChI is InChI=1S/C33H42N4O5/c1-7-21-19(5)32(41)36-27(21)14-25-17(3)23(10-9-13-38)29(34-25)16-30-24(11-12-31(39)40)18(4)26(35-30)15-28-22(8-2)20(6)33(42)37-28/h14-15,34-35,38H,7-13,16H2,1-6H3,(H,36,41)(H,37,42)(H,39,40)/b27-14-,28-15-. The third-order valence-corrected chi connectivity index (χ3v) is 8.56. The molecule has 2 aliphatic heterocycles.